The van der Waals surface area contributed by atoms with E-state index in [2.05, 4.69) is 282 Å². The van der Waals surface area contributed by atoms with E-state index < -0.39 is 0 Å². The second-order valence-corrected chi connectivity index (χ2v) is 20.1. The average molecular weight is 968 g/mol. The second-order valence-electron chi connectivity index (χ2n) is 20.1. The highest BCUT2D eigenvalue weighted by Gasteiger charge is 2.23. The first-order valence-electron chi connectivity index (χ1n) is 26.0. The van der Waals surface area contributed by atoms with Crippen molar-refractivity contribution in [3.8, 4) is 33.6 Å². The minimum absolute atomic E-state index is 0.822. The molecule has 0 atom stereocenters. The third-order valence-corrected chi connectivity index (χ3v) is 16.0. The molecular weight excluding hydrogens is 923 g/mol. The number of fused-ring (bicyclic) bond motifs is 17. The van der Waals surface area contributed by atoms with E-state index in [9.17, 15) is 0 Å². The summed E-state index contributed by atoms with van der Waals surface area (Å²) in [7, 11) is 0. The normalized spacial score (nSPS) is 13.7. The van der Waals surface area contributed by atoms with Crippen LogP contribution in [0.3, 0.4) is 0 Å². The van der Waals surface area contributed by atoms with Gasteiger partial charge in [-0.25, -0.2) is 0 Å². The van der Waals surface area contributed by atoms with Crippen LogP contribution in [-0.2, 0) is 0 Å². The zero-order valence-corrected chi connectivity index (χ0v) is 41.3. The first kappa shape index (κ1) is 42.4. The van der Waals surface area contributed by atoms with Gasteiger partial charge >= 0.3 is 0 Å². The van der Waals surface area contributed by atoms with Gasteiger partial charge in [-0.1, -0.05) is 158 Å². The second kappa shape index (κ2) is 16.4. The van der Waals surface area contributed by atoms with Crippen molar-refractivity contribution < 1.29 is 4.42 Å². The molecule has 0 amide bonds. The quantitative estimate of drug-likeness (QED) is 0.161. The number of hydrogen-bond donors (Lipinski definition) is 0. The molecule has 12 aromatic carbocycles. The van der Waals surface area contributed by atoms with E-state index in [1.54, 1.807) is 0 Å². The smallest absolute Gasteiger partial charge is 0.145 e. The lowest BCUT2D eigenvalue weighted by Crippen LogP contribution is -2.11. The zero-order chi connectivity index (χ0) is 50.0. The molecule has 76 heavy (non-hydrogen) atoms. The van der Waals surface area contributed by atoms with Crippen LogP contribution in [0.25, 0.3) is 137 Å². The third kappa shape index (κ3) is 6.31. The van der Waals surface area contributed by atoms with E-state index in [4.69, 9.17) is 4.42 Å². The van der Waals surface area contributed by atoms with Crippen molar-refractivity contribution in [2.45, 2.75) is 0 Å². The molecular formula is C72H45N3O. The van der Waals surface area contributed by atoms with Crippen molar-refractivity contribution in [2.24, 2.45) is 0 Å². The summed E-state index contributed by atoms with van der Waals surface area (Å²) >= 11 is 0. The molecule has 15 aromatic rings. The summed E-state index contributed by atoms with van der Waals surface area (Å²) in [5.41, 5.74) is 17.2. The molecule has 354 valence electrons. The molecule has 1 aliphatic heterocycles. The monoisotopic (exact) mass is 967 g/mol. The number of hydrogen-bond acceptors (Lipinski definition) is 2. The van der Waals surface area contributed by atoms with Crippen LogP contribution in [0.15, 0.2) is 272 Å². The molecule has 1 aliphatic rings. The van der Waals surface area contributed by atoms with Crippen molar-refractivity contribution in [2.75, 3.05) is 4.90 Å². The summed E-state index contributed by atoms with van der Waals surface area (Å²) in [6.45, 7) is 4.61. The summed E-state index contributed by atoms with van der Waals surface area (Å²) in [6, 6.07) is 86.4. The number of allylic oxidation sites excluding steroid dienone is 4. The van der Waals surface area contributed by atoms with E-state index in [-0.39, 0.29) is 0 Å². The molecule has 0 fully saturated rings. The summed E-state index contributed by atoms with van der Waals surface area (Å²) in [6.07, 6.45) is 8.35. The minimum Gasteiger partial charge on any atom is -0.455 e. The van der Waals surface area contributed by atoms with Crippen molar-refractivity contribution in [3.63, 3.8) is 0 Å². The SMILES string of the molecule is C=C1/C=C\C=C/N(c2ccc(-c3ccc4c5ccccc5c5ccccc5c4c3)cc2)c2ccc3c(oc4ccc(-n5c6ccccc6c6cc(-c7ccc8c(c7)c7ccccc7n8-c7ccccc7)ccc65)cc43)c21. The van der Waals surface area contributed by atoms with Gasteiger partial charge in [0.05, 0.1) is 27.8 Å². The number of furan rings is 1. The topological polar surface area (TPSA) is 26.2 Å². The molecule has 4 heteroatoms. The maximum atomic E-state index is 6.91. The van der Waals surface area contributed by atoms with Gasteiger partial charge in [-0.05, 0) is 163 Å². The number of rotatable bonds is 5. The molecule has 16 rings (SSSR count). The van der Waals surface area contributed by atoms with Gasteiger partial charge in [-0.15, -0.1) is 0 Å². The molecule has 0 saturated carbocycles. The number of nitrogens with zero attached hydrogens (tertiary/aromatic N) is 3. The van der Waals surface area contributed by atoms with Crippen molar-refractivity contribution in [1.29, 1.82) is 0 Å². The lowest BCUT2D eigenvalue weighted by molar-refractivity contribution is 0.667. The van der Waals surface area contributed by atoms with Gasteiger partial charge in [-0.3, -0.25) is 0 Å². The Kier molecular flexibility index (Phi) is 9.15. The van der Waals surface area contributed by atoms with E-state index >= 15 is 0 Å². The van der Waals surface area contributed by atoms with Gasteiger partial charge in [0, 0.05) is 61.1 Å². The van der Waals surface area contributed by atoms with Crippen LogP contribution < -0.4 is 4.90 Å². The maximum absolute atomic E-state index is 6.91. The minimum atomic E-state index is 0.822. The first-order valence-corrected chi connectivity index (χ1v) is 26.0. The number of anilines is 2. The Hall–Kier alpha value is -10.2. The lowest BCUT2D eigenvalue weighted by atomic mass is 9.92. The van der Waals surface area contributed by atoms with Gasteiger partial charge in [0.2, 0.25) is 0 Å². The fraction of sp³-hybridized carbons (Fsp3) is 0. The van der Waals surface area contributed by atoms with Gasteiger partial charge in [0.25, 0.3) is 0 Å². The van der Waals surface area contributed by atoms with Crippen LogP contribution in [0.4, 0.5) is 11.4 Å². The van der Waals surface area contributed by atoms with Gasteiger partial charge < -0.3 is 18.5 Å². The molecule has 3 aromatic heterocycles. The van der Waals surface area contributed by atoms with E-state index in [1.807, 2.05) is 0 Å². The van der Waals surface area contributed by atoms with E-state index in [0.717, 1.165) is 72.4 Å². The van der Waals surface area contributed by atoms with Crippen LogP contribution in [0, 0.1) is 0 Å². The van der Waals surface area contributed by atoms with Crippen LogP contribution in [0.5, 0.6) is 0 Å². The fourth-order valence-corrected chi connectivity index (χ4v) is 12.5. The fourth-order valence-electron chi connectivity index (χ4n) is 12.5. The average Bonchev–Trinajstić information content (AvgIpc) is 4.18. The molecule has 4 nitrogen and oxygen atoms in total. The number of aromatic nitrogens is 2. The van der Waals surface area contributed by atoms with Crippen molar-refractivity contribution in [1.82, 2.24) is 9.13 Å². The van der Waals surface area contributed by atoms with Gasteiger partial charge in [0.15, 0.2) is 0 Å². The van der Waals surface area contributed by atoms with Crippen LogP contribution >= 0.6 is 0 Å². The summed E-state index contributed by atoms with van der Waals surface area (Å²) in [5, 5.41) is 14.7. The van der Waals surface area contributed by atoms with Crippen molar-refractivity contribution >= 4 is 115 Å². The summed E-state index contributed by atoms with van der Waals surface area (Å²) < 4.78 is 11.7. The molecule has 0 N–H and O–H groups in total. The standard InChI is InChI=1S/C72H45N3O/c1-45-15-13-14-40-73(50-31-26-46(27-32-50)47-28-34-57-55-20-6-5-18-53(55)54-19-7-8-21-56(54)61(57)41-47)69-38-35-60-64-44-52(33-39-70(64)76-72(60)71(45)69)75-66-25-12-10-23-59(66)63-43-49(30-37-68(63)75)48-29-36-67-62(42-48)58-22-9-11-24-65(58)74(67)51-16-3-2-4-17-51/h2-44H,1H2/b15-13-,40-14-. The van der Waals surface area contributed by atoms with E-state index in [1.165, 1.54) is 81.6 Å². The number of benzene rings is 12. The first-order chi connectivity index (χ1) is 37.6. The Morgan fingerprint density at radius 2 is 0.803 bits per heavy atom. The predicted octanol–water partition coefficient (Wildman–Crippen LogP) is 19.8. The largest absolute Gasteiger partial charge is 0.455 e. The highest BCUT2D eigenvalue weighted by Crippen LogP contribution is 2.45. The highest BCUT2D eigenvalue weighted by molar-refractivity contribution is 6.26. The molecule has 0 unspecified atom stereocenters. The van der Waals surface area contributed by atoms with Gasteiger partial charge in [-0.2, -0.15) is 0 Å². The van der Waals surface area contributed by atoms with Gasteiger partial charge in [0.1, 0.15) is 11.2 Å². The lowest BCUT2D eigenvalue weighted by Gasteiger charge is -2.25. The Labute approximate surface area is 437 Å². The Morgan fingerprint density at radius 1 is 0.316 bits per heavy atom. The summed E-state index contributed by atoms with van der Waals surface area (Å²) in [5.74, 6) is 0. The number of para-hydroxylation sites is 3. The van der Waals surface area contributed by atoms with Crippen LogP contribution in [-0.4, -0.2) is 9.13 Å². The molecule has 4 heterocycles. The van der Waals surface area contributed by atoms with E-state index in [0.29, 0.717) is 0 Å². The molecule has 0 saturated heterocycles. The molecule has 0 spiro atoms. The predicted molar refractivity (Wildman–Crippen MR) is 322 cm³/mol. The molecule has 0 aliphatic carbocycles. The maximum Gasteiger partial charge on any atom is 0.145 e. The molecule has 0 radical (unpaired) electrons. The van der Waals surface area contributed by atoms with Crippen molar-refractivity contribution in [3.05, 3.63) is 273 Å². The third-order valence-electron chi connectivity index (χ3n) is 16.0. The Morgan fingerprint density at radius 3 is 1.46 bits per heavy atom. The van der Waals surface area contributed by atoms with Crippen LogP contribution in [0.1, 0.15) is 5.56 Å². The zero-order valence-electron chi connectivity index (χ0n) is 41.3. The Balaban J connectivity index is 0.774. The summed E-state index contributed by atoms with van der Waals surface area (Å²) in [4.78, 5) is 2.25. The van der Waals surface area contributed by atoms with Crippen LogP contribution in [0.2, 0.25) is 0 Å². The Bertz CT molecular complexity index is 4970. The molecule has 0 bridgehead atoms. The highest BCUT2D eigenvalue weighted by atomic mass is 16.3.